The van der Waals surface area contributed by atoms with Crippen LogP contribution in [0.15, 0.2) is 36.4 Å². The van der Waals surface area contributed by atoms with E-state index in [0.717, 1.165) is 12.0 Å². The van der Waals surface area contributed by atoms with E-state index in [0.29, 0.717) is 16.9 Å². The van der Waals surface area contributed by atoms with Crippen molar-refractivity contribution in [3.63, 3.8) is 0 Å². The van der Waals surface area contributed by atoms with Gasteiger partial charge < -0.3 is 4.74 Å². The summed E-state index contributed by atoms with van der Waals surface area (Å²) in [6, 6.07) is 7.16. The zero-order valence-corrected chi connectivity index (χ0v) is 15.5. The standard InChI is InChI=1S/C21H20ClNO4/c22-16-4-2-1-3-11(16)10-27-17(24)7-8-23-20(25)18-12-5-6-13(15-9-14(12)15)19(18)21(23)26/h1-6,12-15,18-19H,7-10H2. The van der Waals surface area contributed by atoms with Crippen LogP contribution in [0.3, 0.4) is 0 Å². The molecule has 0 N–H and O–H groups in total. The van der Waals surface area contributed by atoms with E-state index in [1.807, 2.05) is 12.1 Å². The minimum absolute atomic E-state index is 0.0109. The number of ether oxygens (including phenoxy) is 1. The van der Waals surface area contributed by atoms with E-state index in [4.69, 9.17) is 16.3 Å². The zero-order chi connectivity index (χ0) is 18.7. The molecule has 5 nitrogen and oxygen atoms in total. The third-order valence-electron chi connectivity index (χ3n) is 6.64. The summed E-state index contributed by atoms with van der Waals surface area (Å²) >= 11 is 6.05. The molecule has 6 atom stereocenters. The number of rotatable bonds is 5. The highest BCUT2D eigenvalue weighted by atomic mass is 35.5. The van der Waals surface area contributed by atoms with Crippen molar-refractivity contribution in [3.8, 4) is 0 Å². The van der Waals surface area contributed by atoms with E-state index in [9.17, 15) is 14.4 Å². The molecular weight excluding hydrogens is 366 g/mol. The highest BCUT2D eigenvalue weighted by Gasteiger charge is 2.66. The van der Waals surface area contributed by atoms with Crippen molar-refractivity contribution < 1.29 is 19.1 Å². The van der Waals surface area contributed by atoms with Crippen molar-refractivity contribution in [2.45, 2.75) is 19.4 Å². The average molecular weight is 386 g/mol. The van der Waals surface area contributed by atoms with Gasteiger partial charge in [-0.25, -0.2) is 0 Å². The number of halogens is 1. The molecule has 140 valence electrons. The van der Waals surface area contributed by atoms with Crippen LogP contribution in [0, 0.1) is 35.5 Å². The highest BCUT2D eigenvalue weighted by molar-refractivity contribution is 6.31. The molecule has 2 amide bonds. The molecule has 4 aliphatic carbocycles. The van der Waals surface area contributed by atoms with Gasteiger partial charge in [-0.15, -0.1) is 0 Å². The summed E-state index contributed by atoms with van der Waals surface area (Å²) in [4.78, 5) is 39.1. The molecule has 3 fully saturated rings. The molecule has 0 radical (unpaired) electrons. The highest BCUT2D eigenvalue weighted by Crippen LogP contribution is 2.65. The van der Waals surface area contributed by atoms with E-state index in [2.05, 4.69) is 12.2 Å². The Kier molecular flexibility index (Phi) is 3.90. The Labute approximate surface area is 162 Å². The third-order valence-corrected chi connectivity index (χ3v) is 7.01. The van der Waals surface area contributed by atoms with Gasteiger partial charge in [0.2, 0.25) is 11.8 Å². The fourth-order valence-electron chi connectivity index (χ4n) is 5.29. The second-order valence-electron chi connectivity index (χ2n) is 7.98. The molecule has 6 heteroatoms. The first-order chi connectivity index (χ1) is 13.1. The molecule has 27 heavy (non-hydrogen) atoms. The molecule has 2 bridgehead atoms. The number of carbonyl (C=O) groups is 3. The molecule has 6 unspecified atom stereocenters. The van der Waals surface area contributed by atoms with Crippen LogP contribution in [-0.2, 0) is 25.7 Å². The van der Waals surface area contributed by atoms with Gasteiger partial charge in [-0.2, -0.15) is 0 Å². The Morgan fingerprint density at radius 1 is 1.07 bits per heavy atom. The molecule has 5 aliphatic rings. The summed E-state index contributed by atoms with van der Waals surface area (Å²) in [6.07, 6.45) is 5.44. The van der Waals surface area contributed by atoms with E-state index in [1.165, 1.54) is 4.90 Å². The number of imide groups is 1. The zero-order valence-electron chi connectivity index (χ0n) is 14.7. The van der Waals surface area contributed by atoms with Gasteiger partial charge in [-0.1, -0.05) is 42.0 Å². The van der Waals surface area contributed by atoms with Crippen LogP contribution in [-0.4, -0.2) is 29.2 Å². The maximum atomic E-state index is 12.8. The van der Waals surface area contributed by atoms with Gasteiger partial charge in [0.05, 0.1) is 18.3 Å². The van der Waals surface area contributed by atoms with Gasteiger partial charge in [0, 0.05) is 17.1 Å². The van der Waals surface area contributed by atoms with Gasteiger partial charge in [0.15, 0.2) is 0 Å². The summed E-state index contributed by atoms with van der Waals surface area (Å²) in [5.41, 5.74) is 0.730. The van der Waals surface area contributed by atoms with Gasteiger partial charge >= 0.3 is 5.97 Å². The lowest BCUT2D eigenvalue weighted by atomic mass is 9.63. The molecule has 1 aromatic rings. The maximum absolute atomic E-state index is 12.8. The van der Waals surface area contributed by atoms with Crippen molar-refractivity contribution in [2.24, 2.45) is 35.5 Å². The fourth-order valence-corrected chi connectivity index (χ4v) is 5.48. The van der Waals surface area contributed by atoms with Crippen molar-refractivity contribution in [1.29, 1.82) is 0 Å². The first kappa shape index (κ1) is 17.0. The lowest BCUT2D eigenvalue weighted by molar-refractivity contribution is -0.146. The van der Waals surface area contributed by atoms with Crippen LogP contribution in [0.2, 0.25) is 5.02 Å². The van der Waals surface area contributed by atoms with Crippen molar-refractivity contribution in [1.82, 2.24) is 4.90 Å². The van der Waals surface area contributed by atoms with Crippen molar-refractivity contribution in [3.05, 3.63) is 47.0 Å². The van der Waals surface area contributed by atoms with Crippen LogP contribution < -0.4 is 0 Å². The predicted octanol–water partition coefficient (Wildman–Crippen LogP) is 2.83. The lowest BCUT2D eigenvalue weighted by Gasteiger charge is -2.37. The molecule has 1 aliphatic heterocycles. The quantitative estimate of drug-likeness (QED) is 0.444. The summed E-state index contributed by atoms with van der Waals surface area (Å²) in [5, 5.41) is 0.542. The van der Waals surface area contributed by atoms with Crippen LogP contribution in [0.4, 0.5) is 0 Å². The number of carbonyl (C=O) groups excluding carboxylic acids is 3. The molecule has 6 rings (SSSR count). The Bertz CT molecular complexity index is 829. The Hall–Kier alpha value is -2.14. The van der Waals surface area contributed by atoms with Gasteiger partial charge in [0.1, 0.15) is 6.61 Å². The molecule has 1 saturated heterocycles. The summed E-state index contributed by atoms with van der Waals surface area (Å²) in [7, 11) is 0. The van der Waals surface area contributed by atoms with Gasteiger partial charge in [-0.3, -0.25) is 19.3 Å². The largest absolute Gasteiger partial charge is 0.461 e. The number of likely N-dealkylation sites (tertiary alicyclic amines) is 1. The van der Waals surface area contributed by atoms with Gasteiger partial charge in [0.25, 0.3) is 0 Å². The van der Waals surface area contributed by atoms with Crippen LogP contribution in [0.1, 0.15) is 18.4 Å². The van der Waals surface area contributed by atoms with Crippen molar-refractivity contribution >= 4 is 29.4 Å². The second-order valence-corrected chi connectivity index (χ2v) is 8.39. The Balaban J connectivity index is 1.20. The molecule has 0 spiro atoms. The fraction of sp³-hybridized carbons (Fsp3) is 0.476. The number of allylic oxidation sites excluding steroid dienone is 2. The lowest BCUT2D eigenvalue weighted by Crippen LogP contribution is -2.40. The average Bonchev–Trinajstić information content (AvgIpc) is 3.45. The monoisotopic (exact) mass is 385 g/mol. The topological polar surface area (TPSA) is 63.7 Å². The van der Waals surface area contributed by atoms with E-state index in [-0.39, 0.29) is 55.1 Å². The van der Waals surface area contributed by atoms with Gasteiger partial charge in [-0.05, 0) is 36.2 Å². The number of benzene rings is 1. The minimum Gasteiger partial charge on any atom is -0.461 e. The van der Waals surface area contributed by atoms with Crippen molar-refractivity contribution in [2.75, 3.05) is 6.54 Å². The number of amides is 2. The molecule has 1 aromatic carbocycles. The smallest absolute Gasteiger partial charge is 0.307 e. The molecular formula is C21H20ClNO4. The van der Waals surface area contributed by atoms with E-state index < -0.39 is 5.97 Å². The summed E-state index contributed by atoms with van der Waals surface area (Å²) in [6.45, 7) is 0.184. The predicted molar refractivity (Wildman–Crippen MR) is 97.3 cm³/mol. The Morgan fingerprint density at radius 3 is 2.33 bits per heavy atom. The number of hydrogen-bond donors (Lipinski definition) is 0. The SMILES string of the molecule is O=C(CCN1C(=O)C2C3C=CC(C4CC34)C2C1=O)OCc1ccccc1Cl. The normalized spacial score (nSPS) is 35.2. The summed E-state index contributed by atoms with van der Waals surface area (Å²) < 4.78 is 5.25. The second kappa shape index (κ2) is 6.20. The number of hydrogen-bond acceptors (Lipinski definition) is 4. The first-order valence-electron chi connectivity index (χ1n) is 9.49. The summed E-state index contributed by atoms with van der Waals surface area (Å²) in [5.74, 6) is 0.511. The van der Waals surface area contributed by atoms with E-state index in [1.54, 1.807) is 12.1 Å². The Morgan fingerprint density at radius 2 is 1.70 bits per heavy atom. The number of esters is 1. The van der Waals surface area contributed by atoms with Crippen LogP contribution in [0.5, 0.6) is 0 Å². The minimum atomic E-state index is -0.436. The molecule has 1 heterocycles. The molecule has 2 saturated carbocycles. The maximum Gasteiger partial charge on any atom is 0.307 e. The van der Waals surface area contributed by atoms with Crippen LogP contribution >= 0.6 is 11.6 Å². The number of nitrogens with zero attached hydrogens (tertiary/aromatic N) is 1. The third kappa shape index (κ3) is 2.63. The first-order valence-corrected chi connectivity index (χ1v) is 9.86. The molecule has 0 aromatic heterocycles. The van der Waals surface area contributed by atoms with E-state index >= 15 is 0 Å². The van der Waals surface area contributed by atoms with Crippen LogP contribution in [0.25, 0.3) is 0 Å².